The van der Waals surface area contributed by atoms with E-state index in [-0.39, 0.29) is 17.5 Å². The molecule has 9 heteroatoms. The number of fused-ring (bicyclic) bond motifs is 1. The first kappa shape index (κ1) is 22.5. The van der Waals surface area contributed by atoms with E-state index < -0.39 is 0 Å². The van der Waals surface area contributed by atoms with Gasteiger partial charge in [-0.15, -0.1) is 5.92 Å². The predicted molar refractivity (Wildman–Crippen MR) is 135 cm³/mol. The maximum atomic E-state index is 12.6. The number of hydrogen-bond donors (Lipinski definition) is 2. The molecule has 0 radical (unpaired) electrons. The van der Waals surface area contributed by atoms with Crippen LogP contribution < -0.4 is 11.1 Å². The van der Waals surface area contributed by atoms with E-state index >= 15 is 0 Å². The average Bonchev–Trinajstić information content (AvgIpc) is 3.29. The van der Waals surface area contributed by atoms with Crippen molar-refractivity contribution in [1.82, 2.24) is 29.2 Å². The van der Waals surface area contributed by atoms with Gasteiger partial charge in [0.25, 0.3) is 5.91 Å². The maximum Gasteiger partial charge on any atom is 0.275 e. The van der Waals surface area contributed by atoms with Crippen LogP contribution >= 0.6 is 0 Å². The second-order valence-electron chi connectivity index (χ2n) is 8.45. The summed E-state index contributed by atoms with van der Waals surface area (Å²) in [7, 11) is 0. The first-order valence-electron chi connectivity index (χ1n) is 11.6. The molecule has 1 aliphatic heterocycles. The Morgan fingerprint density at radius 3 is 2.86 bits per heavy atom. The van der Waals surface area contributed by atoms with Gasteiger partial charge in [0.2, 0.25) is 5.95 Å². The predicted octanol–water partition coefficient (Wildman–Crippen LogP) is 3.22. The zero-order valence-electron chi connectivity index (χ0n) is 19.5. The number of anilines is 2. The van der Waals surface area contributed by atoms with Crippen molar-refractivity contribution in [2.75, 3.05) is 30.7 Å². The van der Waals surface area contributed by atoms with Gasteiger partial charge in [-0.25, -0.2) is 15.0 Å². The highest BCUT2D eigenvalue weighted by Gasteiger charge is 2.27. The van der Waals surface area contributed by atoms with Gasteiger partial charge < -0.3 is 11.1 Å². The standard InChI is InChI=1S/C26H26N8O/c1-2-3-14-33-15-6-7-19(17-33)23-21-11-13-29-26(27)34(21)24(32-23)18-9-10-20(30-16-18)25(35)31-22-8-4-5-12-28-22/h4-5,8-13,16,19H,6-7,14-15,17H2,1H3,(H2,27,29)(H,28,31,35). The van der Waals surface area contributed by atoms with Gasteiger partial charge in [-0.2, -0.15) is 0 Å². The number of carbonyl (C=O) groups is 1. The van der Waals surface area contributed by atoms with Crippen molar-refractivity contribution in [3.8, 4) is 23.2 Å². The molecule has 35 heavy (non-hydrogen) atoms. The highest BCUT2D eigenvalue weighted by atomic mass is 16.1. The van der Waals surface area contributed by atoms with Crippen LogP contribution in [0.25, 0.3) is 16.9 Å². The van der Waals surface area contributed by atoms with Crippen molar-refractivity contribution in [2.24, 2.45) is 0 Å². The van der Waals surface area contributed by atoms with Crippen molar-refractivity contribution < 1.29 is 4.79 Å². The van der Waals surface area contributed by atoms with E-state index in [2.05, 4.69) is 37.0 Å². The Bertz CT molecular complexity index is 1400. The summed E-state index contributed by atoms with van der Waals surface area (Å²) >= 11 is 0. The van der Waals surface area contributed by atoms with Gasteiger partial charge in [-0.05, 0) is 56.6 Å². The molecule has 0 bridgehead atoms. The number of nitrogens with zero attached hydrogens (tertiary/aromatic N) is 6. The van der Waals surface area contributed by atoms with Crippen molar-refractivity contribution in [3.05, 3.63) is 66.4 Å². The highest BCUT2D eigenvalue weighted by molar-refractivity contribution is 6.02. The van der Waals surface area contributed by atoms with E-state index in [9.17, 15) is 4.79 Å². The lowest BCUT2D eigenvalue weighted by atomic mass is 9.94. The molecule has 0 aromatic carbocycles. The van der Waals surface area contributed by atoms with E-state index in [1.54, 1.807) is 42.9 Å². The van der Waals surface area contributed by atoms with Gasteiger partial charge in [0.1, 0.15) is 17.3 Å². The molecule has 3 N–H and O–H groups in total. The molecule has 5 heterocycles. The maximum absolute atomic E-state index is 12.6. The fourth-order valence-electron chi connectivity index (χ4n) is 4.47. The number of nitrogens with one attached hydrogen (secondary N) is 1. The highest BCUT2D eigenvalue weighted by Crippen LogP contribution is 2.33. The number of hydrogen-bond acceptors (Lipinski definition) is 7. The Balaban J connectivity index is 1.45. The molecule has 1 unspecified atom stereocenters. The molecule has 1 saturated heterocycles. The first-order valence-corrected chi connectivity index (χ1v) is 11.6. The summed E-state index contributed by atoms with van der Waals surface area (Å²) in [4.78, 5) is 32.7. The summed E-state index contributed by atoms with van der Waals surface area (Å²) in [6, 6.07) is 10.8. The summed E-state index contributed by atoms with van der Waals surface area (Å²) in [5, 5.41) is 2.74. The van der Waals surface area contributed by atoms with Gasteiger partial charge in [0, 0.05) is 36.6 Å². The number of pyridine rings is 2. The molecule has 5 rings (SSSR count). The van der Waals surface area contributed by atoms with Gasteiger partial charge in [-0.1, -0.05) is 12.0 Å². The monoisotopic (exact) mass is 466 g/mol. The largest absolute Gasteiger partial charge is 0.369 e. The lowest BCUT2D eigenvalue weighted by Crippen LogP contribution is -2.34. The van der Waals surface area contributed by atoms with Crippen LogP contribution in [0.1, 0.15) is 41.9 Å². The summed E-state index contributed by atoms with van der Waals surface area (Å²) < 4.78 is 1.87. The number of likely N-dealkylation sites (tertiary alicyclic amines) is 1. The quantitative estimate of drug-likeness (QED) is 0.434. The topological polar surface area (TPSA) is 114 Å². The third-order valence-corrected chi connectivity index (χ3v) is 6.14. The number of amides is 1. The molecular formula is C26H26N8O. The summed E-state index contributed by atoms with van der Waals surface area (Å²) in [6.07, 6.45) is 7.12. The molecule has 4 aromatic heterocycles. The molecule has 0 saturated carbocycles. The van der Waals surface area contributed by atoms with Crippen LogP contribution in [0.4, 0.5) is 11.8 Å². The Labute approximate surface area is 203 Å². The molecule has 9 nitrogen and oxygen atoms in total. The summed E-state index contributed by atoms with van der Waals surface area (Å²) in [6.45, 7) is 4.57. The molecule has 4 aromatic rings. The smallest absolute Gasteiger partial charge is 0.275 e. The minimum Gasteiger partial charge on any atom is -0.369 e. The molecule has 1 aliphatic rings. The fourth-order valence-corrected chi connectivity index (χ4v) is 4.47. The molecule has 1 amide bonds. The van der Waals surface area contributed by atoms with Crippen molar-refractivity contribution in [3.63, 3.8) is 0 Å². The number of imidazole rings is 1. The van der Waals surface area contributed by atoms with Crippen LogP contribution in [-0.2, 0) is 0 Å². The van der Waals surface area contributed by atoms with E-state index in [4.69, 9.17) is 10.7 Å². The fraction of sp³-hybridized carbons (Fsp3) is 0.269. The zero-order chi connectivity index (χ0) is 24.2. The Hall–Kier alpha value is -4.29. The van der Waals surface area contributed by atoms with E-state index in [0.717, 1.165) is 49.2 Å². The van der Waals surface area contributed by atoms with Gasteiger partial charge in [0.05, 0.1) is 17.8 Å². The summed E-state index contributed by atoms with van der Waals surface area (Å²) in [5.74, 6) is 7.58. The number of rotatable bonds is 5. The van der Waals surface area contributed by atoms with E-state index in [1.807, 2.05) is 23.5 Å². The van der Waals surface area contributed by atoms with Gasteiger partial charge >= 0.3 is 0 Å². The normalized spacial score (nSPS) is 16.0. The minimum absolute atomic E-state index is 0.268. The van der Waals surface area contributed by atoms with E-state index in [0.29, 0.717) is 17.6 Å². The lowest BCUT2D eigenvalue weighted by molar-refractivity contribution is 0.102. The third kappa shape index (κ3) is 4.69. The second-order valence-corrected chi connectivity index (χ2v) is 8.45. The molecule has 176 valence electrons. The number of aromatic nitrogens is 5. The second kappa shape index (κ2) is 9.91. The average molecular weight is 467 g/mol. The number of piperidine rings is 1. The van der Waals surface area contributed by atoms with Gasteiger partial charge in [0.15, 0.2) is 0 Å². The first-order chi connectivity index (χ1) is 17.1. The zero-order valence-corrected chi connectivity index (χ0v) is 19.5. The number of carbonyl (C=O) groups excluding carboxylic acids is 1. The van der Waals surface area contributed by atoms with Crippen LogP contribution in [0.3, 0.4) is 0 Å². The van der Waals surface area contributed by atoms with Crippen LogP contribution in [-0.4, -0.2) is 54.8 Å². The van der Waals surface area contributed by atoms with E-state index in [1.165, 1.54) is 0 Å². The van der Waals surface area contributed by atoms with Crippen molar-refractivity contribution in [1.29, 1.82) is 0 Å². The number of nitrogens with two attached hydrogens (primary N) is 1. The Kier molecular flexibility index (Phi) is 6.37. The molecule has 1 fully saturated rings. The van der Waals surface area contributed by atoms with Crippen LogP contribution in [0.2, 0.25) is 0 Å². The molecular weight excluding hydrogens is 440 g/mol. The SMILES string of the molecule is CC#CCN1CCCC(c2nc(-c3ccc(C(=O)Nc4ccccn4)nc3)n3c(N)nccc23)C1. The lowest BCUT2D eigenvalue weighted by Gasteiger charge is -2.30. The van der Waals surface area contributed by atoms with Crippen molar-refractivity contribution >= 4 is 23.2 Å². The Morgan fingerprint density at radius 1 is 1.17 bits per heavy atom. The van der Waals surface area contributed by atoms with Crippen LogP contribution in [0.15, 0.2) is 55.0 Å². The van der Waals surface area contributed by atoms with Crippen LogP contribution in [0, 0.1) is 11.8 Å². The summed E-state index contributed by atoms with van der Waals surface area (Å²) in [5.41, 5.74) is 9.27. The number of nitrogen functional groups attached to an aromatic ring is 1. The molecule has 1 atom stereocenters. The molecule has 0 aliphatic carbocycles. The molecule has 0 spiro atoms. The van der Waals surface area contributed by atoms with Crippen LogP contribution in [0.5, 0.6) is 0 Å². The van der Waals surface area contributed by atoms with Crippen molar-refractivity contribution in [2.45, 2.75) is 25.7 Å². The minimum atomic E-state index is -0.331. The third-order valence-electron chi connectivity index (χ3n) is 6.14. The Morgan fingerprint density at radius 2 is 2.09 bits per heavy atom. The van der Waals surface area contributed by atoms with Gasteiger partial charge in [-0.3, -0.25) is 19.1 Å².